The molecule has 1 aliphatic rings. The summed E-state index contributed by atoms with van der Waals surface area (Å²) in [6.07, 6.45) is 0. The minimum atomic E-state index is -1.30. The number of carbonyl (C=O) groups excluding carboxylic acids is 2. The van der Waals surface area contributed by atoms with Crippen LogP contribution in [0.1, 0.15) is 6.92 Å². The molecule has 142 valence electrons. The molecular formula is C20H16FN3O2S2. The van der Waals surface area contributed by atoms with Crippen molar-refractivity contribution in [3.63, 3.8) is 0 Å². The second kappa shape index (κ2) is 7.03. The largest absolute Gasteiger partial charge is 0.313 e. The molecule has 5 nitrogen and oxygen atoms in total. The molecule has 2 amide bonds. The zero-order valence-electron chi connectivity index (χ0n) is 15.1. The maximum atomic E-state index is 13.1. The Hall–Kier alpha value is -2.71. The van der Waals surface area contributed by atoms with Gasteiger partial charge in [-0.15, -0.1) is 11.3 Å². The number of amides is 2. The van der Waals surface area contributed by atoms with Crippen LogP contribution in [0.25, 0.3) is 11.3 Å². The SMILES string of the molecule is CN1C(=O)C(C)(C(=O)Nc2nc(-c3ccc(F)cc3)cs2)Sc2ccccc21. The fourth-order valence-electron chi connectivity index (χ4n) is 2.96. The molecule has 0 fully saturated rings. The van der Waals surface area contributed by atoms with Gasteiger partial charge in [0.15, 0.2) is 9.88 Å². The topological polar surface area (TPSA) is 62.3 Å². The molecule has 1 aromatic heterocycles. The molecule has 2 aromatic carbocycles. The summed E-state index contributed by atoms with van der Waals surface area (Å²) in [5.74, 6) is -1.04. The van der Waals surface area contributed by atoms with Crippen molar-refractivity contribution in [3.05, 3.63) is 59.7 Å². The van der Waals surface area contributed by atoms with Gasteiger partial charge in [0, 0.05) is 22.9 Å². The standard InChI is InChI=1S/C20H16FN3O2S2/c1-20(18(26)24(2)15-5-3-4-6-16(15)28-20)17(25)23-19-22-14(11-27-19)12-7-9-13(21)10-8-12/h3-11H,1-2H3,(H,22,23,25). The first-order valence-electron chi connectivity index (χ1n) is 8.47. The molecule has 0 radical (unpaired) electrons. The molecule has 1 aliphatic heterocycles. The smallest absolute Gasteiger partial charge is 0.252 e. The van der Waals surface area contributed by atoms with Gasteiger partial charge in [-0.05, 0) is 43.3 Å². The van der Waals surface area contributed by atoms with E-state index < -0.39 is 10.7 Å². The van der Waals surface area contributed by atoms with Crippen LogP contribution >= 0.6 is 23.1 Å². The minimum absolute atomic E-state index is 0.288. The Bertz CT molecular complexity index is 1070. The molecule has 3 aromatic rings. The lowest BCUT2D eigenvalue weighted by Crippen LogP contribution is -2.53. The van der Waals surface area contributed by atoms with E-state index in [0.29, 0.717) is 10.8 Å². The molecule has 0 aliphatic carbocycles. The molecule has 0 spiro atoms. The fourth-order valence-corrected chi connectivity index (χ4v) is 4.94. The summed E-state index contributed by atoms with van der Waals surface area (Å²) in [7, 11) is 1.67. The average Bonchev–Trinajstić information content (AvgIpc) is 3.15. The number of rotatable bonds is 3. The first-order chi connectivity index (χ1) is 13.4. The van der Waals surface area contributed by atoms with Gasteiger partial charge in [0.25, 0.3) is 11.8 Å². The van der Waals surface area contributed by atoms with Crippen LogP contribution in [0.15, 0.2) is 58.8 Å². The van der Waals surface area contributed by atoms with E-state index in [9.17, 15) is 14.0 Å². The Morgan fingerprint density at radius 3 is 2.64 bits per heavy atom. The number of hydrogen-bond acceptors (Lipinski definition) is 5. The summed E-state index contributed by atoms with van der Waals surface area (Å²) in [5, 5.41) is 4.93. The van der Waals surface area contributed by atoms with Crippen LogP contribution in [-0.4, -0.2) is 28.6 Å². The average molecular weight is 413 g/mol. The van der Waals surface area contributed by atoms with Crippen molar-refractivity contribution >= 4 is 45.7 Å². The third-order valence-corrected chi connectivity index (χ3v) is 6.64. The molecule has 0 saturated heterocycles. The Kier molecular flexibility index (Phi) is 4.68. The highest BCUT2D eigenvalue weighted by atomic mass is 32.2. The number of carbonyl (C=O) groups is 2. The van der Waals surface area contributed by atoms with Crippen LogP contribution in [-0.2, 0) is 9.59 Å². The number of benzene rings is 2. The van der Waals surface area contributed by atoms with Crippen molar-refractivity contribution in [3.8, 4) is 11.3 Å². The Morgan fingerprint density at radius 2 is 1.89 bits per heavy atom. The van der Waals surface area contributed by atoms with Crippen LogP contribution in [0.3, 0.4) is 0 Å². The monoisotopic (exact) mass is 413 g/mol. The molecular weight excluding hydrogens is 397 g/mol. The van der Waals surface area contributed by atoms with Gasteiger partial charge in [-0.25, -0.2) is 9.37 Å². The van der Waals surface area contributed by atoms with E-state index in [2.05, 4.69) is 10.3 Å². The highest BCUT2D eigenvalue weighted by molar-refractivity contribution is 8.02. The summed E-state index contributed by atoms with van der Waals surface area (Å²) in [6.45, 7) is 1.62. The maximum absolute atomic E-state index is 13.1. The Morgan fingerprint density at radius 1 is 1.18 bits per heavy atom. The highest BCUT2D eigenvalue weighted by Gasteiger charge is 2.48. The van der Waals surface area contributed by atoms with Crippen molar-refractivity contribution in [1.82, 2.24) is 4.98 Å². The summed E-state index contributed by atoms with van der Waals surface area (Å²) in [4.78, 5) is 32.6. The first kappa shape index (κ1) is 18.6. The zero-order valence-corrected chi connectivity index (χ0v) is 16.7. The van der Waals surface area contributed by atoms with Gasteiger partial charge in [0.2, 0.25) is 0 Å². The number of halogens is 1. The summed E-state index contributed by atoms with van der Waals surface area (Å²) < 4.78 is 11.8. The van der Waals surface area contributed by atoms with Crippen LogP contribution in [0, 0.1) is 5.82 Å². The van der Waals surface area contributed by atoms with E-state index in [4.69, 9.17) is 0 Å². The Labute approximate surface area is 169 Å². The normalized spacial score (nSPS) is 18.7. The number of hydrogen-bond donors (Lipinski definition) is 1. The van der Waals surface area contributed by atoms with Gasteiger partial charge < -0.3 is 10.2 Å². The van der Waals surface area contributed by atoms with E-state index in [0.717, 1.165) is 16.1 Å². The van der Waals surface area contributed by atoms with Gasteiger partial charge in [-0.1, -0.05) is 23.9 Å². The maximum Gasteiger partial charge on any atom is 0.252 e. The molecule has 4 rings (SSSR count). The number of para-hydroxylation sites is 1. The molecule has 1 unspecified atom stereocenters. The van der Waals surface area contributed by atoms with Crippen molar-refractivity contribution in [2.45, 2.75) is 16.6 Å². The van der Waals surface area contributed by atoms with Gasteiger partial charge in [-0.3, -0.25) is 9.59 Å². The van der Waals surface area contributed by atoms with E-state index in [1.165, 1.54) is 40.1 Å². The number of nitrogens with one attached hydrogen (secondary N) is 1. The lowest BCUT2D eigenvalue weighted by atomic mass is 10.1. The lowest BCUT2D eigenvalue weighted by molar-refractivity contribution is -0.128. The Balaban J connectivity index is 1.57. The molecule has 1 atom stereocenters. The van der Waals surface area contributed by atoms with Gasteiger partial charge in [0.05, 0.1) is 11.4 Å². The fraction of sp³-hybridized carbons (Fsp3) is 0.150. The van der Waals surface area contributed by atoms with Crippen molar-refractivity contribution in [2.75, 3.05) is 17.3 Å². The van der Waals surface area contributed by atoms with Crippen molar-refractivity contribution < 1.29 is 14.0 Å². The number of thiazole rings is 1. The van der Waals surface area contributed by atoms with Gasteiger partial charge >= 0.3 is 0 Å². The third kappa shape index (κ3) is 3.18. The van der Waals surface area contributed by atoms with Gasteiger partial charge in [-0.2, -0.15) is 0 Å². The quantitative estimate of drug-likeness (QED) is 0.646. The number of fused-ring (bicyclic) bond motifs is 1. The zero-order chi connectivity index (χ0) is 19.9. The molecule has 1 N–H and O–H groups in total. The first-order valence-corrected chi connectivity index (χ1v) is 10.2. The number of aromatic nitrogens is 1. The molecule has 28 heavy (non-hydrogen) atoms. The minimum Gasteiger partial charge on any atom is -0.313 e. The van der Waals surface area contributed by atoms with Crippen LogP contribution in [0.5, 0.6) is 0 Å². The number of thioether (sulfide) groups is 1. The van der Waals surface area contributed by atoms with E-state index in [1.807, 2.05) is 24.3 Å². The lowest BCUT2D eigenvalue weighted by Gasteiger charge is -2.36. The van der Waals surface area contributed by atoms with Crippen molar-refractivity contribution in [1.29, 1.82) is 0 Å². The summed E-state index contributed by atoms with van der Waals surface area (Å²) in [6, 6.07) is 13.5. The molecule has 2 heterocycles. The van der Waals surface area contributed by atoms with E-state index >= 15 is 0 Å². The summed E-state index contributed by atoms with van der Waals surface area (Å²) >= 11 is 2.49. The molecule has 0 saturated carbocycles. The van der Waals surface area contributed by atoms with E-state index in [1.54, 1.807) is 31.5 Å². The third-order valence-electron chi connectivity index (χ3n) is 4.55. The second-order valence-electron chi connectivity index (χ2n) is 6.47. The van der Waals surface area contributed by atoms with E-state index in [-0.39, 0.29) is 11.7 Å². The van der Waals surface area contributed by atoms with Crippen LogP contribution in [0.4, 0.5) is 15.2 Å². The highest BCUT2D eigenvalue weighted by Crippen LogP contribution is 2.45. The number of anilines is 2. The van der Waals surface area contributed by atoms with Crippen LogP contribution < -0.4 is 10.2 Å². The molecule has 8 heteroatoms. The van der Waals surface area contributed by atoms with Crippen molar-refractivity contribution in [2.24, 2.45) is 0 Å². The predicted molar refractivity (Wildman–Crippen MR) is 110 cm³/mol. The summed E-state index contributed by atoms with van der Waals surface area (Å²) in [5.41, 5.74) is 2.17. The van der Waals surface area contributed by atoms with Gasteiger partial charge in [0.1, 0.15) is 5.82 Å². The number of nitrogens with zero attached hydrogens (tertiary/aromatic N) is 2. The second-order valence-corrected chi connectivity index (χ2v) is 8.78. The predicted octanol–water partition coefficient (Wildman–Crippen LogP) is 4.42. The molecule has 0 bridgehead atoms. The van der Waals surface area contributed by atoms with Crippen LogP contribution in [0.2, 0.25) is 0 Å².